The lowest BCUT2D eigenvalue weighted by molar-refractivity contribution is -0.387. The fraction of sp³-hybridized carbons (Fsp3) is 0. The van der Waals surface area contributed by atoms with Crippen molar-refractivity contribution in [2.75, 3.05) is 0 Å². The van der Waals surface area contributed by atoms with Crippen molar-refractivity contribution in [2.24, 2.45) is 5.14 Å². The van der Waals surface area contributed by atoms with Gasteiger partial charge in [-0.25, -0.2) is 13.6 Å². The van der Waals surface area contributed by atoms with Gasteiger partial charge in [-0.1, -0.05) is 11.6 Å². The van der Waals surface area contributed by atoms with Gasteiger partial charge in [0.15, 0.2) is 4.90 Å². The summed E-state index contributed by atoms with van der Waals surface area (Å²) in [6, 6.07) is 3.14. The predicted octanol–water partition coefficient (Wildman–Crippen LogP) is 0.896. The van der Waals surface area contributed by atoms with E-state index in [9.17, 15) is 18.5 Å². The van der Waals surface area contributed by atoms with Crippen LogP contribution in [-0.4, -0.2) is 13.3 Å². The lowest BCUT2D eigenvalue weighted by atomic mass is 10.3. The molecule has 0 radical (unpaired) electrons. The molecule has 0 amide bonds. The number of halogens is 1. The number of nitro groups is 1. The topological polar surface area (TPSA) is 103 Å². The highest BCUT2D eigenvalue weighted by atomic mass is 35.5. The van der Waals surface area contributed by atoms with Crippen molar-refractivity contribution < 1.29 is 13.3 Å². The number of nitrogens with two attached hydrogens (primary N) is 1. The minimum atomic E-state index is -4.13. The van der Waals surface area contributed by atoms with Crippen molar-refractivity contribution in [3.05, 3.63) is 33.3 Å². The number of rotatable bonds is 2. The molecule has 0 aliphatic carbocycles. The zero-order chi connectivity index (χ0) is 10.9. The first-order valence-electron chi connectivity index (χ1n) is 3.29. The molecule has 0 bridgehead atoms. The van der Waals surface area contributed by atoms with Crippen molar-refractivity contribution >= 4 is 27.3 Å². The first kappa shape index (κ1) is 10.9. The Balaban J connectivity index is 3.54. The van der Waals surface area contributed by atoms with E-state index in [-0.39, 0.29) is 5.02 Å². The molecule has 0 spiro atoms. The van der Waals surface area contributed by atoms with Crippen LogP contribution in [0.2, 0.25) is 5.02 Å². The third kappa shape index (κ3) is 2.19. The monoisotopic (exact) mass is 236 g/mol. The van der Waals surface area contributed by atoms with Gasteiger partial charge in [0.25, 0.3) is 5.69 Å². The van der Waals surface area contributed by atoms with Crippen molar-refractivity contribution in [3.8, 4) is 0 Å². The standard InChI is InChI=1S/C6H5ClN2O4S/c7-4-1-2-5(9(10)11)6(3-4)14(8,12)13/h1-3H,(H2,8,12,13). The van der Waals surface area contributed by atoms with Crippen molar-refractivity contribution in [3.63, 3.8) is 0 Å². The summed E-state index contributed by atoms with van der Waals surface area (Å²) in [5.41, 5.74) is -0.586. The first-order chi connectivity index (χ1) is 6.32. The van der Waals surface area contributed by atoms with Gasteiger partial charge in [0.2, 0.25) is 10.0 Å². The van der Waals surface area contributed by atoms with E-state index in [1.54, 1.807) is 0 Å². The van der Waals surface area contributed by atoms with E-state index >= 15 is 0 Å². The van der Waals surface area contributed by atoms with Crippen molar-refractivity contribution in [1.29, 1.82) is 0 Å². The maximum atomic E-state index is 10.9. The summed E-state index contributed by atoms with van der Waals surface area (Å²) in [5, 5.41) is 15.3. The fourth-order valence-corrected chi connectivity index (χ4v) is 1.83. The summed E-state index contributed by atoms with van der Waals surface area (Å²) in [4.78, 5) is 9.00. The van der Waals surface area contributed by atoms with Crippen LogP contribution >= 0.6 is 11.6 Å². The minimum Gasteiger partial charge on any atom is -0.258 e. The average molecular weight is 237 g/mol. The maximum Gasteiger partial charge on any atom is 0.289 e. The van der Waals surface area contributed by atoms with Crippen LogP contribution in [0.15, 0.2) is 23.1 Å². The van der Waals surface area contributed by atoms with Gasteiger partial charge >= 0.3 is 0 Å². The molecule has 1 aromatic carbocycles. The van der Waals surface area contributed by atoms with E-state index in [2.05, 4.69) is 0 Å². The predicted molar refractivity (Wildman–Crippen MR) is 49.5 cm³/mol. The van der Waals surface area contributed by atoms with Gasteiger partial charge in [-0.15, -0.1) is 0 Å². The second kappa shape index (κ2) is 3.52. The Morgan fingerprint density at radius 1 is 1.43 bits per heavy atom. The Morgan fingerprint density at radius 2 is 2.00 bits per heavy atom. The molecule has 0 saturated carbocycles. The van der Waals surface area contributed by atoms with Crippen LogP contribution < -0.4 is 5.14 Å². The van der Waals surface area contributed by atoms with E-state index in [0.717, 1.165) is 12.1 Å². The number of primary sulfonamides is 1. The fourth-order valence-electron chi connectivity index (χ4n) is 0.867. The van der Waals surface area contributed by atoms with Crippen LogP contribution in [0, 0.1) is 10.1 Å². The second-order valence-electron chi connectivity index (χ2n) is 2.41. The molecule has 0 heterocycles. The van der Waals surface area contributed by atoms with E-state index in [1.165, 1.54) is 6.07 Å². The van der Waals surface area contributed by atoms with Gasteiger partial charge < -0.3 is 0 Å². The molecule has 14 heavy (non-hydrogen) atoms. The van der Waals surface area contributed by atoms with Gasteiger partial charge in [0.05, 0.1) is 4.92 Å². The third-order valence-electron chi connectivity index (χ3n) is 1.43. The van der Waals surface area contributed by atoms with E-state index in [1.807, 2.05) is 0 Å². The molecule has 0 saturated heterocycles. The van der Waals surface area contributed by atoms with Gasteiger partial charge in [0.1, 0.15) is 0 Å². The Bertz CT molecular complexity index is 485. The summed E-state index contributed by atoms with van der Waals surface area (Å²) < 4.78 is 21.9. The normalized spacial score (nSPS) is 11.3. The van der Waals surface area contributed by atoms with Crippen LogP contribution in [0.5, 0.6) is 0 Å². The molecule has 6 nitrogen and oxygen atoms in total. The van der Waals surface area contributed by atoms with Gasteiger partial charge in [-0.05, 0) is 12.1 Å². The molecule has 0 fully saturated rings. The molecule has 0 atom stereocenters. The number of benzene rings is 1. The molecular formula is C6H5ClN2O4S. The quantitative estimate of drug-likeness (QED) is 0.608. The first-order valence-corrected chi connectivity index (χ1v) is 5.21. The molecule has 1 aromatic rings. The molecule has 1 rings (SSSR count). The summed E-state index contributed by atoms with van der Waals surface area (Å²) in [6.45, 7) is 0. The summed E-state index contributed by atoms with van der Waals surface area (Å²) in [5.74, 6) is 0. The zero-order valence-corrected chi connectivity index (χ0v) is 8.25. The Kier molecular flexibility index (Phi) is 2.74. The molecule has 0 unspecified atom stereocenters. The summed E-state index contributed by atoms with van der Waals surface area (Å²) >= 11 is 5.48. The number of hydrogen-bond donors (Lipinski definition) is 1. The van der Waals surface area contributed by atoms with Crippen LogP contribution in [0.25, 0.3) is 0 Å². The maximum absolute atomic E-state index is 10.9. The Hall–Kier alpha value is -1.18. The summed E-state index contributed by atoms with van der Waals surface area (Å²) in [7, 11) is -4.13. The van der Waals surface area contributed by atoms with Crippen LogP contribution in [-0.2, 0) is 10.0 Å². The lowest BCUT2D eigenvalue weighted by Gasteiger charge is -1.99. The largest absolute Gasteiger partial charge is 0.289 e. The molecule has 8 heteroatoms. The van der Waals surface area contributed by atoms with E-state index < -0.39 is 25.5 Å². The van der Waals surface area contributed by atoms with Crippen molar-refractivity contribution in [1.82, 2.24) is 0 Å². The molecular weight excluding hydrogens is 232 g/mol. The smallest absolute Gasteiger partial charge is 0.258 e. The third-order valence-corrected chi connectivity index (χ3v) is 2.60. The van der Waals surface area contributed by atoms with Crippen LogP contribution in [0.4, 0.5) is 5.69 Å². The van der Waals surface area contributed by atoms with E-state index in [0.29, 0.717) is 0 Å². The number of nitro benzene ring substituents is 1. The molecule has 0 aromatic heterocycles. The number of hydrogen-bond acceptors (Lipinski definition) is 4. The Morgan fingerprint density at radius 3 is 2.43 bits per heavy atom. The second-order valence-corrected chi connectivity index (χ2v) is 4.38. The zero-order valence-electron chi connectivity index (χ0n) is 6.68. The summed E-state index contributed by atoms with van der Waals surface area (Å²) in [6.07, 6.45) is 0. The van der Waals surface area contributed by atoms with E-state index in [4.69, 9.17) is 16.7 Å². The number of nitrogens with zero attached hydrogens (tertiary/aromatic N) is 1. The molecule has 76 valence electrons. The Labute approximate surface area is 84.5 Å². The highest BCUT2D eigenvalue weighted by Crippen LogP contribution is 2.25. The number of sulfonamides is 1. The molecule has 2 N–H and O–H groups in total. The van der Waals surface area contributed by atoms with Gasteiger partial charge in [-0.2, -0.15) is 0 Å². The minimum absolute atomic E-state index is 0.0691. The van der Waals surface area contributed by atoms with Crippen molar-refractivity contribution in [2.45, 2.75) is 4.90 Å². The van der Waals surface area contributed by atoms with Gasteiger partial charge in [-0.3, -0.25) is 10.1 Å². The molecule has 0 aliphatic rings. The highest BCUT2D eigenvalue weighted by molar-refractivity contribution is 7.89. The van der Waals surface area contributed by atoms with Crippen LogP contribution in [0.3, 0.4) is 0 Å². The SMILES string of the molecule is NS(=O)(=O)c1cc(Cl)ccc1[N+](=O)[O-]. The highest BCUT2D eigenvalue weighted by Gasteiger charge is 2.22. The molecule has 0 aliphatic heterocycles. The average Bonchev–Trinajstić information content (AvgIpc) is 2.01. The van der Waals surface area contributed by atoms with Crippen LogP contribution in [0.1, 0.15) is 0 Å². The van der Waals surface area contributed by atoms with Gasteiger partial charge in [0, 0.05) is 11.1 Å². The lowest BCUT2D eigenvalue weighted by Crippen LogP contribution is -2.14.